The number of rotatable bonds is 5. The van der Waals surface area contributed by atoms with Crippen molar-refractivity contribution in [1.82, 2.24) is 4.98 Å². The Hall–Kier alpha value is -3.60. The van der Waals surface area contributed by atoms with Crippen molar-refractivity contribution >= 4 is 16.7 Å². The van der Waals surface area contributed by atoms with E-state index in [0.29, 0.717) is 5.56 Å². The molecule has 2 atom stereocenters. The van der Waals surface area contributed by atoms with Gasteiger partial charge >= 0.3 is 0 Å². The van der Waals surface area contributed by atoms with Gasteiger partial charge in [0.05, 0.1) is 11.6 Å². The normalized spacial score (nSPS) is 16.2. The van der Waals surface area contributed by atoms with Crippen LogP contribution in [0, 0.1) is 10.7 Å². The molecule has 1 N–H and O–H groups in total. The van der Waals surface area contributed by atoms with Gasteiger partial charge in [-0.15, -0.1) is 4.91 Å². The molecule has 30 heavy (non-hydrogen) atoms. The van der Waals surface area contributed by atoms with Crippen LogP contribution in [0.2, 0.25) is 0 Å². The van der Waals surface area contributed by atoms with E-state index in [2.05, 4.69) is 34.8 Å². The highest BCUT2D eigenvalue weighted by Crippen LogP contribution is 2.34. The number of nitroso groups, excluding NO2 is 1. The van der Waals surface area contributed by atoms with Crippen LogP contribution >= 0.6 is 0 Å². The first-order valence-corrected chi connectivity index (χ1v) is 10.0. The summed E-state index contributed by atoms with van der Waals surface area (Å²) in [7, 11) is 0. The third-order valence-electron chi connectivity index (χ3n) is 5.78. The third-order valence-corrected chi connectivity index (χ3v) is 5.78. The molecule has 0 bridgehead atoms. The summed E-state index contributed by atoms with van der Waals surface area (Å²) in [4.78, 5) is 16.3. The fourth-order valence-electron chi connectivity index (χ4n) is 4.24. The molecule has 1 aromatic heterocycles. The Bertz CT molecular complexity index is 1220. The SMILES string of the molecule is O=NC(c1ccc(F)cc1)c1ccc2nc(NC3CCc4ccccc43)ccc2c1. The van der Waals surface area contributed by atoms with Crippen LogP contribution in [-0.2, 0) is 6.42 Å². The standard InChI is InChI=1S/C25H20FN3O/c26-20-10-5-17(6-11-20)25(29-30)19-8-12-22-18(15-19)9-14-24(27-22)28-23-13-7-16-3-1-2-4-21(16)23/h1-6,8-12,14-15,23,25H,7,13H2,(H,27,28). The number of aryl methyl sites for hydroxylation is 1. The molecule has 0 spiro atoms. The average molecular weight is 397 g/mol. The maximum atomic E-state index is 13.2. The van der Waals surface area contributed by atoms with Crippen LogP contribution < -0.4 is 5.32 Å². The number of benzene rings is 3. The average Bonchev–Trinajstić information content (AvgIpc) is 3.18. The molecule has 0 saturated carbocycles. The van der Waals surface area contributed by atoms with Crippen molar-refractivity contribution in [1.29, 1.82) is 0 Å². The minimum Gasteiger partial charge on any atom is -0.363 e. The number of halogens is 1. The fraction of sp³-hybridized carbons (Fsp3) is 0.160. The molecule has 1 aliphatic carbocycles. The Morgan fingerprint density at radius 3 is 2.60 bits per heavy atom. The highest BCUT2D eigenvalue weighted by atomic mass is 19.1. The Balaban J connectivity index is 1.41. The lowest BCUT2D eigenvalue weighted by Crippen LogP contribution is -2.08. The molecule has 148 valence electrons. The fourth-order valence-corrected chi connectivity index (χ4v) is 4.24. The molecule has 3 aromatic carbocycles. The third kappa shape index (κ3) is 3.43. The zero-order valence-electron chi connectivity index (χ0n) is 16.3. The second kappa shape index (κ2) is 7.67. The number of nitrogens with one attached hydrogen (secondary N) is 1. The van der Waals surface area contributed by atoms with Gasteiger partial charge < -0.3 is 5.32 Å². The number of pyridine rings is 1. The molecule has 0 saturated heterocycles. The van der Waals surface area contributed by atoms with Gasteiger partial charge in [-0.25, -0.2) is 9.37 Å². The topological polar surface area (TPSA) is 54.4 Å². The van der Waals surface area contributed by atoms with Gasteiger partial charge in [0.2, 0.25) is 0 Å². The smallest absolute Gasteiger partial charge is 0.142 e. The van der Waals surface area contributed by atoms with Gasteiger partial charge in [-0.05, 0) is 71.5 Å². The van der Waals surface area contributed by atoms with E-state index in [1.165, 1.54) is 23.3 Å². The predicted octanol–water partition coefficient (Wildman–Crippen LogP) is 6.33. The lowest BCUT2D eigenvalue weighted by Gasteiger charge is -2.16. The van der Waals surface area contributed by atoms with Crippen LogP contribution in [0.4, 0.5) is 10.2 Å². The quantitative estimate of drug-likeness (QED) is 0.400. The molecule has 0 aliphatic heterocycles. The highest BCUT2D eigenvalue weighted by Gasteiger charge is 2.22. The first-order chi connectivity index (χ1) is 14.7. The van der Waals surface area contributed by atoms with E-state index in [9.17, 15) is 9.30 Å². The summed E-state index contributed by atoms with van der Waals surface area (Å²) in [6.07, 6.45) is 2.14. The summed E-state index contributed by atoms with van der Waals surface area (Å²) < 4.78 is 13.2. The maximum Gasteiger partial charge on any atom is 0.142 e. The molecule has 5 rings (SSSR count). The van der Waals surface area contributed by atoms with Crippen LogP contribution in [-0.4, -0.2) is 4.98 Å². The molecule has 1 heterocycles. The number of fused-ring (bicyclic) bond motifs is 2. The lowest BCUT2D eigenvalue weighted by molar-refractivity contribution is 0.626. The van der Waals surface area contributed by atoms with Crippen LogP contribution in [0.3, 0.4) is 0 Å². The van der Waals surface area contributed by atoms with Gasteiger partial charge in [0, 0.05) is 5.39 Å². The molecule has 0 fully saturated rings. The molecular weight excluding hydrogens is 377 g/mol. The van der Waals surface area contributed by atoms with Crippen molar-refractivity contribution < 1.29 is 4.39 Å². The van der Waals surface area contributed by atoms with E-state index in [0.717, 1.165) is 35.1 Å². The van der Waals surface area contributed by atoms with E-state index in [-0.39, 0.29) is 11.9 Å². The molecule has 1 aliphatic rings. The first kappa shape index (κ1) is 18.4. The van der Waals surface area contributed by atoms with Crippen molar-refractivity contribution in [3.8, 4) is 0 Å². The van der Waals surface area contributed by atoms with Gasteiger partial charge in [-0.3, -0.25) is 0 Å². The van der Waals surface area contributed by atoms with Gasteiger partial charge in [0.25, 0.3) is 0 Å². The Morgan fingerprint density at radius 2 is 1.77 bits per heavy atom. The van der Waals surface area contributed by atoms with Crippen LogP contribution in [0.15, 0.2) is 84.0 Å². The van der Waals surface area contributed by atoms with Crippen molar-refractivity contribution in [3.05, 3.63) is 112 Å². The molecule has 4 aromatic rings. The van der Waals surface area contributed by atoms with Crippen molar-refractivity contribution in [2.45, 2.75) is 24.9 Å². The first-order valence-electron chi connectivity index (χ1n) is 10.0. The number of hydrogen-bond acceptors (Lipinski definition) is 4. The van der Waals surface area contributed by atoms with Gasteiger partial charge in [0.1, 0.15) is 17.7 Å². The van der Waals surface area contributed by atoms with Crippen molar-refractivity contribution in [2.75, 3.05) is 5.32 Å². The van der Waals surface area contributed by atoms with E-state index in [4.69, 9.17) is 4.98 Å². The second-order valence-corrected chi connectivity index (χ2v) is 7.64. The van der Waals surface area contributed by atoms with E-state index < -0.39 is 6.04 Å². The molecule has 4 nitrogen and oxygen atoms in total. The van der Waals surface area contributed by atoms with Gasteiger partial charge in [-0.2, -0.15) is 0 Å². The van der Waals surface area contributed by atoms with Gasteiger partial charge in [0.15, 0.2) is 0 Å². The number of nitrogens with zero attached hydrogens (tertiary/aromatic N) is 2. The molecule has 2 unspecified atom stereocenters. The molecule has 5 heteroatoms. The van der Waals surface area contributed by atoms with E-state index >= 15 is 0 Å². The molecule has 0 amide bonds. The number of aromatic nitrogens is 1. The summed E-state index contributed by atoms with van der Waals surface area (Å²) in [5.41, 5.74) is 5.01. The Kier molecular flexibility index (Phi) is 4.71. The monoisotopic (exact) mass is 397 g/mol. The van der Waals surface area contributed by atoms with Crippen molar-refractivity contribution in [2.24, 2.45) is 5.18 Å². The zero-order valence-corrected chi connectivity index (χ0v) is 16.3. The summed E-state index contributed by atoms with van der Waals surface area (Å²) >= 11 is 0. The van der Waals surface area contributed by atoms with Crippen molar-refractivity contribution in [3.63, 3.8) is 0 Å². The largest absolute Gasteiger partial charge is 0.363 e. The summed E-state index contributed by atoms with van der Waals surface area (Å²) in [5, 5.41) is 7.75. The van der Waals surface area contributed by atoms with Crippen LogP contribution in [0.1, 0.15) is 40.8 Å². The van der Waals surface area contributed by atoms with E-state index in [1.54, 1.807) is 12.1 Å². The van der Waals surface area contributed by atoms with E-state index in [1.807, 2.05) is 30.3 Å². The second-order valence-electron chi connectivity index (χ2n) is 7.64. The summed E-state index contributed by atoms with van der Waals surface area (Å²) in [6.45, 7) is 0. The van der Waals surface area contributed by atoms with Crippen LogP contribution in [0.5, 0.6) is 0 Å². The molecular formula is C25H20FN3O. The summed E-state index contributed by atoms with van der Waals surface area (Å²) in [5.74, 6) is 0.497. The number of anilines is 1. The highest BCUT2D eigenvalue weighted by molar-refractivity contribution is 5.81. The maximum absolute atomic E-state index is 13.2. The van der Waals surface area contributed by atoms with Gasteiger partial charge in [-0.1, -0.05) is 47.6 Å². The van der Waals surface area contributed by atoms with Crippen LogP contribution in [0.25, 0.3) is 10.9 Å². The Labute approximate surface area is 173 Å². The Morgan fingerprint density at radius 1 is 0.967 bits per heavy atom. The minimum absolute atomic E-state index is 0.271. The predicted molar refractivity (Wildman–Crippen MR) is 117 cm³/mol. The minimum atomic E-state index is -0.678. The zero-order chi connectivity index (χ0) is 20.5. The molecule has 0 radical (unpaired) electrons. The number of hydrogen-bond donors (Lipinski definition) is 1. The summed E-state index contributed by atoms with van der Waals surface area (Å²) in [6, 6.07) is 23.6. The lowest BCUT2D eigenvalue weighted by atomic mass is 9.98.